The van der Waals surface area contributed by atoms with Crippen LogP contribution in [0.2, 0.25) is 0 Å². The van der Waals surface area contributed by atoms with E-state index in [2.05, 4.69) is 24.8 Å². The summed E-state index contributed by atoms with van der Waals surface area (Å²) in [6.07, 6.45) is 2.24. The quantitative estimate of drug-likeness (QED) is 0.543. The third-order valence-corrected chi connectivity index (χ3v) is 2.12. The maximum atomic E-state index is 5.49. The molecule has 0 unspecified atom stereocenters. The Bertz CT molecular complexity index is 211. The van der Waals surface area contributed by atoms with Crippen molar-refractivity contribution in [3.05, 3.63) is 35.9 Å². The minimum absolute atomic E-state index is 0.730. The molecule has 0 aliphatic carbocycles. The van der Waals surface area contributed by atoms with Crippen molar-refractivity contribution in [2.75, 3.05) is 12.4 Å². The Kier molecular flexibility index (Phi) is 5.70. The van der Waals surface area contributed by atoms with Crippen LogP contribution >= 0.6 is 12.6 Å². The maximum Gasteiger partial charge on any atom is 0.0716 e. The lowest BCUT2D eigenvalue weighted by molar-refractivity contribution is 0.118. The number of thiol groups is 1. The number of ether oxygens (including phenoxy) is 1. The molecule has 0 heterocycles. The monoisotopic (exact) mass is 196 g/mol. The van der Waals surface area contributed by atoms with E-state index in [0.29, 0.717) is 0 Å². The molecular weight excluding hydrogens is 180 g/mol. The lowest BCUT2D eigenvalue weighted by Gasteiger charge is -2.02. The molecule has 0 saturated heterocycles. The molecule has 0 aliphatic rings. The summed E-state index contributed by atoms with van der Waals surface area (Å²) < 4.78 is 5.49. The van der Waals surface area contributed by atoms with Crippen molar-refractivity contribution in [2.24, 2.45) is 0 Å². The predicted molar refractivity (Wildman–Crippen MR) is 59.2 cm³/mol. The fourth-order valence-corrected chi connectivity index (χ4v) is 1.30. The van der Waals surface area contributed by atoms with E-state index >= 15 is 0 Å². The Morgan fingerprint density at radius 1 is 1.08 bits per heavy atom. The molecule has 13 heavy (non-hydrogen) atoms. The first-order chi connectivity index (χ1) is 6.43. The highest BCUT2D eigenvalue weighted by Crippen LogP contribution is 2.01. The molecule has 0 aromatic heterocycles. The van der Waals surface area contributed by atoms with E-state index in [1.807, 2.05) is 18.2 Å². The van der Waals surface area contributed by atoms with Gasteiger partial charge in [0, 0.05) is 6.61 Å². The van der Waals surface area contributed by atoms with Crippen LogP contribution in [0, 0.1) is 0 Å². The van der Waals surface area contributed by atoms with Gasteiger partial charge in [-0.2, -0.15) is 12.6 Å². The summed E-state index contributed by atoms with van der Waals surface area (Å²) in [5.41, 5.74) is 1.24. The third-order valence-electron chi connectivity index (χ3n) is 1.81. The zero-order valence-electron chi connectivity index (χ0n) is 7.78. The molecule has 0 saturated carbocycles. The van der Waals surface area contributed by atoms with Crippen molar-refractivity contribution in [1.82, 2.24) is 0 Å². The molecule has 72 valence electrons. The highest BCUT2D eigenvalue weighted by Gasteiger charge is 1.91. The molecule has 0 aliphatic heterocycles. The topological polar surface area (TPSA) is 9.23 Å². The largest absolute Gasteiger partial charge is 0.377 e. The second kappa shape index (κ2) is 6.98. The first-order valence-electron chi connectivity index (χ1n) is 4.66. The molecule has 0 atom stereocenters. The summed E-state index contributed by atoms with van der Waals surface area (Å²) in [6.45, 7) is 1.57. The molecule has 1 aromatic rings. The summed E-state index contributed by atoms with van der Waals surface area (Å²) in [4.78, 5) is 0. The summed E-state index contributed by atoms with van der Waals surface area (Å²) >= 11 is 4.14. The normalized spacial score (nSPS) is 10.2. The minimum Gasteiger partial charge on any atom is -0.377 e. The van der Waals surface area contributed by atoms with E-state index in [4.69, 9.17) is 4.74 Å². The summed E-state index contributed by atoms with van der Waals surface area (Å²) in [5, 5.41) is 0. The van der Waals surface area contributed by atoms with Gasteiger partial charge in [0.15, 0.2) is 0 Å². The number of unbranched alkanes of at least 4 members (excludes halogenated alkanes) is 1. The van der Waals surface area contributed by atoms with Gasteiger partial charge in [-0.25, -0.2) is 0 Å². The van der Waals surface area contributed by atoms with Gasteiger partial charge < -0.3 is 4.74 Å². The van der Waals surface area contributed by atoms with Crippen LogP contribution < -0.4 is 0 Å². The van der Waals surface area contributed by atoms with Crippen LogP contribution in [-0.4, -0.2) is 12.4 Å². The average molecular weight is 196 g/mol. The smallest absolute Gasteiger partial charge is 0.0716 e. The molecule has 0 amide bonds. The Morgan fingerprint density at radius 3 is 2.54 bits per heavy atom. The van der Waals surface area contributed by atoms with E-state index in [0.717, 1.165) is 31.8 Å². The van der Waals surface area contributed by atoms with E-state index in [9.17, 15) is 0 Å². The molecule has 0 fully saturated rings. The Labute approximate surface area is 85.5 Å². The van der Waals surface area contributed by atoms with E-state index < -0.39 is 0 Å². The third kappa shape index (κ3) is 4.96. The lowest BCUT2D eigenvalue weighted by atomic mass is 10.2. The molecule has 0 N–H and O–H groups in total. The number of rotatable bonds is 6. The zero-order chi connectivity index (χ0) is 9.36. The van der Waals surface area contributed by atoms with Crippen molar-refractivity contribution in [2.45, 2.75) is 19.4 Å². The van der Waals surface area contributed by atoms with Crippen LogP contribution in [0.3, 0.4) is 0 Å². The lowest BCUT2D eigenvalue weighted by Crippen LogP contribution is -1.95. The summed E-state index contributed by atoms with van der Waals surface area (Å²) in [5.74, 6) is 0.953. The van der Waals surface area contributed by atoms with Crippen molar-refractivity contribution in [1.29, 1.82) is 0 Å². The SMILES string of the molecule is SCCCCOCc1ccccc1. The van der Waals surface area contributed by atoms with Crippen molar-refractivity contribution >= 4 is 12.6 Å². The maximum absolute atomic E-state index is 5.49. The predicted octanol–water partition coefficient (Wildman–Crippen LogP) is 2.91. The van der Waals surface area contributed by atoms with Crippen LogP contribution in [0.15, 0.2) is 30.3 Å². The van der Waals surface area contributed by atoms with E-state index in [1.54, 1.807) is 0 Å². The van der Waals surface area contributed by atoms with Crippen LogP contribution in [0.1, 0.15) is 18.4 Å². The van der Waals surface area contributed by atoms with Crippen LogP contribution in [0.5, 0.6) is 0 Å². The van der Waals surface area contributed by atoms with Gasteiger partial charge in [-0.3, -0.25) is 0 Å². The van der Waals surface area contributed by atoms with Crippen LogP contribution in [0.25, 0.3) is 0 Å². The van der Waals surface area contributed by atoms with Crippen LogP contribution in [0.4, 0.5) is 0 Å². The minimum atomic E-state index is 0.730. The molecular formula is C11H16OS. The highest BCUT2D eigenvalue weighted by molar-refractivity contribution is 7.80. The van der Waals surface area contributed by atoms with E-state index in [1.165, 1.54) is 5.56 Å². The van der Waals surface area contributed by atoms with Crippen molar-refractivity contribution < 1.29 is 4.74 Å². The molecule has 1 aromatic carbocycles. The van der Waals surface area contributed by atoms with Gasteiger partial charge in [0.25, 0.3) is 0 Å². The van der Waals surface area contributed by atoms with Gasteiger partial charge in [-0.05, 0) is 24.2 Å². The second-order valence-electron chi connectivity index (χ2n) is 2.97. The van der Waals surface area contributed by atoms with Crippen molar-refractivity contribution in [3.8, 4) is 0 Å². The van der Waals surface area contributed by atoms with Crippen molar-refractivity contribution in [3.63, 3.8) is 0 Å². The Balaban J connectivity index is 2.07. The first kappa shape index (κ1) is 10.6. The number of hydrogen-bond acceptors (Lipinski definition) is 2. The number of benzene rings is 1. The molecule has 0 radical (unpaired) electrons. The molecule has 1 rings (SSSR count). The van der Waals surface area contributed by atoms with Gasteiger partial charge >= 0.3 is 0 Å². The average Bonchev–Trinajstić information content (AvgIpc) is 2.19. The van der Waals surface area contributed by atoms with Gasteiger partial charge in [-0.1, -0.05) is 30.3 Å². The number of hydrogen-bond donors (Lipinski definition) is 1. The van der Waals surface area contributed by atoms with Crippen LogP contribution in [-0.2, 0) is 11.3 Å². The standard InChI is InChI=1S/C11H16OS/c13-9-5-4-8-12-10-11-6-2-1-3-7-11/h1-3,6-7,13H,4-5,8-10H2. The van der Waals surface area contributed by atoms with Gasteiger partial charge in [-0.15, -0.1) is 0 Å². The zero-order valence-corrected chi connectivity index (χ0v) is 8.67. The van der Waals surface area contributed by atoms with Gasteiger partial charge in [0.1, 0.15) is 0 Å². The van der Waals surface area contributed by atoms with Gasteiger partial charge in [0.2, 0.25) is 0 Å². The molecule has 1 nitrogen and oxygen atoms in total. The highest BCUT2D eigenvalue weighted by atomic mass is 32.1. The fourth-order valence-electron chi connectivity index (χ4n) is 1.08. The second-order valence-corrected chi connectivity index (χ2v) is 3.42. The Hall–Kier alpha value is -0.470. The first-order valence-corrected chi connectivity index (χ1v) is 5.29. The van der Waals surface area contributed by atoms with E-state index in [-0.39, 0.29) is 0 Å². The molecule has 0 bridgehead atoms. The fraction of sp³-hybridized carbons (Fsp3) is 0.455. The summed E-state index contributed by atoms with van der Waals surface area (Å²) in [7, 11) is 0. The summed E-state index contributed by atoms with van der Waals surface area (Å²) in [6, 6.07) is 10.3. The van der Waals surface area contributed by atoms with Gasteiger partial charge in [0.05, 0.1) is 6.61 Å². The molecule has 0 spiro atoms. The Morgan fingerprint density at radius 2 is 1.85 bits per heavy atom. The molecule has 2 heteroatoms.